The predicted molar refractivity (Wildman–Crippen MR) is 47.6 cm³/mol. The lowest BCUT2D eigenvalue weighted by Crippen LogP contribution is -2.11. The van der Waals surface area contributed by atoms with Gasteiger partial charge in [-0.1, -0.05) is 24.3 Å². The Labute approximate surface area is 70.9 Å². The van der Waals surface area contributed by atoms with Crippen molar-refractivity contribution >= 4 is 11.6 Å². The van der Waals surface area contributed by atoms with E-state index in [1.54, 1.807) is 0 Å². The van der Waals surface area contributed by atoms with Gasteiger partial charge in [-0.2, -0.15) is 0 Å². The van der Waals surface area contributed by atoms with Crippen LogP contribution in [0.1, 0.15) is 22.8 Å². The molecule has 1 N–H and O–H groups in total. The van der Waals surface area contributed by atoms with E-state index in [0.717, 1.165) is 16.8 Å². The molecule has 0 atom stereocenters. The number of amides is 1. The van der Waals surface area contributed by atoms with E-state index in [9.17, 15) is 4.79 Å². The molecule has 0 fully saturated rings. The maximum atomic E-state index is 11.3. The highest BCUT2D eigenvalue weighted by molar-refractivity contribution is 6.09. The molecule has 2 heteroatoms. The highest BCUT2D eigenvalue weighted by atomic mass is 16.1. The first kappa shape index (κ1) is 7.10. The van der Waals surface area contributed by atoms with Crippen LogP contribution in [0.5, 0.6) is 0 Å². The summed E-state index contributed by atoms with van der Waals surface area (Å²) >= 11 is 0. The number of hydrogen-bond donors (Lipinski definition) is 1. The van der Waals surface area contributed by atoms with Crippen molar-refractivity contribution < 1.29 is 4.79 Å². The Hall–Kier alpha value is -1.57. The van der Waals surface area contributed by atoms with Crippen LogP contribution >= 0.6 is 0 Å². The van der Waals surface area contributed by atoms with E-state index in [-0.39, 0.29) is 5.91 Å². The summed E-state index contributed by atoms with van der Waals surface area (Å²) in [4.78, 5) is 11.3. The second-order valence-corrected chi connectivity index (χ2v) is 2.70. The number of carbonyl (C=O) groups is 1. The van der Waals surface area contributed by atoms with Crippen molar-refractivity contribution in [1.82, 2.24) is 5.32 Å². The number of fused-ring (bicyclic) bond motifs is 1. The summed E-state index contributed by atoms with van der Waals surface area (Å²) in [5.74, 6) is -0.00120. The second kappa shape index (κ2) is 2.48. The summed E-state index contributed by atoms with van der Waals surface area (Å²) in [6.45, 7) is 1.91. The Bertz CT molecular complexity index is 366. The lowest BCUT2D eigenvalue weighted by Gasteiger charge is -1.95. The van der Waals surface area contributed by atoms with Crippen molar-refractivity contribution in [3.63, 3.8) is 0 Å². The number of hydrogen-bond acceptors (Lipinski definition) is 1. The first-order valence-electron chi connectivity index (χ1n) is 3.90. The second-order valence-electron chi connectivity index (χ2n) is 2.70. The van der Waals surface area contributed by atoms with Crippen LogP contribution in [0.2, 0.25) is 0 Å². The van der Waals surface area contributed by atoms with Crippen LogP contribution < -0.4 is 5.32 Å². The quantitative estimate of drug-likeness (QED) is 0.614. The minimum atomic E-state index is -0.00120. The molecule has 0 spiro atoms. The summed E-state index contributed by atoms with van der Waals surface area (Å²) in [6, 6.07) is 7.59. The third-order valence-electron chi connectivity index (χ3n) is 2.00. The van der Waals surface area contributed by atoms with E-state index in [0.29, 0.717) is 0 Å². The van der Waals surface area contributed by atoms with Crippen molar-refractivity contribution in [2.75, 3.05) is 0 Å². The van der Waals surface area contributed by atoms with Gasteiger partial charge in [0.05, 0.1) is 0 Å². The molecule has 1 aliphatic heterocycles. The molecule has 0 unspecified atom stereocenters. The lowest BCUT2D eigenvalue weighted by atomic mass is 10.1. The molecular weight excluding hydrogens is 150 g/mol. The average molecular weight is 159 g/mol. The fraction of sp³-hybridized carbons (Fsp3) is 0.100. The van der Waals surface area contributed by atoms with Gasteiger partial charge in [-0.15, -0.1) is 0 Å². The molecule has 1 aromatic carbocycles. The van der Waals surface area contributed by atoms with Crippen LogP contribution in [0.3, 0.4) is 0 Å². The van der Waals surface area contributed by atoms with Gasteiger partial charge in [-0.3, -0.25) is 4.79 Å². The molecule has 1 heterocycles. The van der Waals surface area contributed by atoms with E-state index >= 15 is 0 Å². The summed E-state index contributed by atoms with van der Waals surface area (Å²) in [5.41, 5.74) is 2.69. The lowest BCUT2D eigenvalue weighted by molar-refractivity contribution is 0.0981. The fourth-order valence-corrected chi connectivity index (χ4v) is 1.40. The maximum absolute atomic E-state index is 11.3. The standard InChI is InChI=1S/C10H9NO/c1-2-9-7-5-3-4-6-8(7)10(12)11-9/h2-6H,1H3,(H,11,12)/b9-2-. The zero-order chi connectivity index (χ0) is 8.55. The van der Waals surface area contributed by atoms with Crippen LogP contribution in [0, 0.1) is 0 Å². The van der Waals surface area contributed by atoms with Gasteiger partial charge >= 0.3 is 0 Å². The van der Waals surface area contributed by atoms with E-state index < -0.39 is 0 Å². The Morgan fingerprint density at radius 3 is 2.58 bits per heavy atom. The third kappa shape index (κ3) is 0.848. The van der Waals surface area contributed by atoms with E-state index in [1.807, 2.05) is 37.3 Å². The topological polar surface area (TPSA) is 29.1 Å². The highest BCUT2D eigenvalue weighted by Gasteiger charge is 2.21. The van der Waals surface area contributed by atoms with Crippen molar-refractivity contribution in [2.24, 2.45) is 0 Å². The van der Waals surface area contributed by atoms with E-state index in [2.05, 4.69) is 5.32 Å². The predicted octanol–water partition coefficient (Wildman–Crippen LogP) is 1.79. The zero-order valence-corrected chi connectivity index (χ0v) is 6.79. The Balaban J connectivity index is 2.65. The monoisotopic (exact) mass is 159 g/mol. The molecule has 1 aliphatic rings. The van der Waals surface area contributed by atoms with Gasteiger partial charge < -0.3 is 5.32 Å². The molecule has 0 bridgehead atoms. The highest BCUT2D eigenvalue weighted by Crippen LogP contribution is 2.23. The van der Waals surface area contributed by atoms with Crippen molar-refractivity contribution in [2.45, 2.75) is 6.92 Å². The minimum absolute atomic E-state index is 0.00120. The molecule has 1 amide bonds. The van der Waals surface area contributed by atoms with Gasteiger partial charge in [0.2, 0.25) is 0 Å². The molecule has 2 nitrogen and oxygen atoms in total. The summed E-state index contributed by atoms with van der Waals surface area (Å²) in [7, 11) is 0. The average Bonchev–Trinajstić information content (AvgIpc) is 2.44. The molecule has 12 heavy (non-hydrogen) atoms. The van der Waals surface area contributed by atoms with Crippen LogP contribution in [-0.2, 0) is 0 Å². The summed E-state index contributed by atoms with van der Waals surface area (Å²) in [5, 5.41) is 2.79. The minimum Gasteiger partial charge on any atom is -0.322 e. The fourth-order valence-electron chi connectivity index (χ4n) is 1.40. The Morgan fingerprint density at radius 1 is 1.25 bits per heavy atom. The van der Waals surface area contributed by atoms with Crippen LogP contribution in [0.15, 0.2) is 30.3 Å². The van der Waals surface area contributed by atoms with Gasteiger partial charge in [-0.25, -0.2) is 0 Å². The van der Waals surface area contributed by atoms with Crippen molar-refractivity contribution in [3.8, 4) is 0 Å². The number of rotatable bonds is 0. The van der Waals surface area contributed by atoms with Gasteiger partial charge in [0.15, 0.2) is 0 Å². The molecule has 0 aromatic heterocycles. The molecule has 1 aromatic rings. The molecule has 60 valence electrons. The Kier molecular flexibility index (Phi) is 1.47. The Morgan fingerprint density at radius 2 is 1.92 bits per heavy atom. The van der Waals surface area contributed by atoms with Gasteiger partial charge in [0, 0.05) is 16.8 Å². The molecule has 0 radical (unpaired) electrons. The van der Waals surface area contributed by atoms with Crippen LogP contribution in [0.25, 0.3) is 5.70 Å². The molecule has 0 aliphatic carbocycles. The summed E-state index contributed by atoms with van der Waals surface area (Å²) < 4.78 is 0. The number of allylic oxidation sites excluding steroid dienone is 1. The molecule has 2 rings (SSSR count). The molecular formula is C10H9NO. The maximum Gasteiger partial charge on any atom is 0.256 e. The molecule has 0 saturated heterocycles. The largest absolute Gasteiger partial charge is 0.322 e. The summed E-state index contributed by atoms with van der Waals surface area (Å²) in [6.07, 6.45) is 1.91. The smallest absolute Gasteiger partial charge is 0.256 e. The normalized spacial score (nSPS) is 17.8. The SMILES string of the molecule is C/C=C1\NC(=O)c2ccccc21. The van der Waals surface area contributed by atoms with Gasteiger partial charge in [0.1, 0.15) is 0 Å². The first-order valence-corrected chi connectivity index (χ1v) is 3.90. The van der Waals surface area contributed by atoms with E-state index in [1.165, 1.54) is 0 Å². The number of carbonyl (C=O) groups excluding carboxylic acids is 1. The third-order valence-corrected chi connectivity index (χ3v) is 2.00. The van der Waals surface area contributed by atoms with Crippen molar-refractivity contribution in [3.05, 3.63) is 41.5 Å². The first-order chi connectivity index (χ1) is 5.83. The zero-order valence-electron chi connectivity index (χ0n) is 6.79. The molecule has 0 saturated carbocycles. The number of benzene rings is 1. The van der Waals surface area contributed by atoms with E-state index in [4.69, 9.17) is 0 Å². The van der Waals surface area contributed by atoms with Gasteiger partial charge in [0.25, 0.3) is 5.91 Å². The number of nitrogens with one attached hydrogen (secondary N) is 1. The van der Waals surface area contributed by atoms with Crippen LogP contribution in [0.4, 0.5) is 0 Å². The van der Waals surface area contributed by atoms with Gasteiger partial charge in [-0.05, 0) is 13.0 Å². The van der Waals surface area contributed by atoms with Crippen molar-refractivity contribution in [1.29, 1.82) is 0 Å². The van der Waals surface area contributed by atoms with Crippen LogP contribution in [-0.4, -0.2) is 5.91 Å².